The molecule has 0 atom stereocenters. The number of nitrogens with one attached hydrogen (secondary N) is 2. The SMILES string of the molecule is CCCN(CC(=O)Nc1ccccc1C)C(=O)COC(=O)Cc1c[nH]c2ccccc12. The first kappa shape index (κ1) is 22.1. The molecule has 1 aromatic heterocycles. The third-order valence-corrected chi connectivity index (χ3v) is 4.97. The van der Waals surface area contributed by atoms with E-state index in [1.807, 2.05) is 62.4 Å². The second-order valence-electron chi connectivity index (χ2n) is 7.38. The topological polar surface area (TPSA) is 91.5 Å². The highest BCUT2D eigenvalue weighted by molar-refractivity contribution is 5.95. The van der Waals surface area contributed by atoms with Gasteiger partial charge in [0.1, 0.15) is 0 Å². The van der Waals surface area contributed by atoms with Crippen LogP contribution in [0.1, 0.15) is 24.5 Å². The number of aromatic nitrogens is 1. The molecule has 0 unspecified atom stereocenters. The van der Waals surface area contributed by atoms with Gasteiger partial charge in [-0.05, 0) is 36.6 Å². The first-order valence-corrected chi connectivity index (χ1v) is 10.3. The first-order valence-electron chi connectivity index (χ1n) is 10.3. The number of anilines is 1. The summed E-state index contributed by atoms with van der Waals surface area (Å²) >= 11 is 0. The third-order valence-electron chi connectivity index (χ3n) is 4.97. The van der Waals surface area contributed by atoms with Crippen molar-refractivity contribution in [1.82, 2.24) is 9.88 Å². The number of carbonyl (C=O) groups excluding carboxylic acids is 3. The Morgan fingerprint density at radius 2 is 1.81 bits per heavy atom. The molecule has 3 rings (SSSR count). The minimum Gasteiger partial charge on any atom is -0.455 e. The van der Waals surface area contributed by atoms with Crippen molar-refractivity contribution in [2.45, 2.75) is 26.7 Å². The van der Waals surface area contributed by atoms with E-state index in [0.717, 1.165) is 22.0 Å². The Balaban J connectivity index is 1.53. The third kappa shape index (κ3) is 5.94. The van der Waals surface area contributed by atoms with E-state index in [-0.39, 0.29) is 18.9 Å². The van der Waals surface area contributed by atoms with Crippen LogP contribution in [0.25, 0.3) is 10.9 Å². The Hall–Kier alpha value is -3.61. The van der Waals surface area contributed by atoms with Gasteiger partial charge in [-0.2, -0.15) is 0 Å². The van der Waals surface area contributed by atoms with Gasteiger partial charge in [-0.15, -0.1) is 0 Å². The molecule has 7 heteroatoms. The maximum absolute atomic E-state index is 12.6. The molecule has 2 aromatic carbocycles. The van der Waals surface area contributed by atoms with Crippen molar-refractivity contribution in [3.05, 3.63) is 65.9 Å². The highest BCUT2D eigenvalue weighted by Crippen LogP contribution is 2.18. The standard InChI is InChI=1S/C24H27N3O4/c1-3-12-27(15-22(28)26-20-10-6-4-8-17(20)2)23(29)16-31-24(30)13-18-14-25-21-11-7-5-9-19(18)21/h4-11,14,25H,3,12-13,15-16H2,1-2H3,(H,26,28). The highest BCUT2D eigenvalue weighted by Gasteiger charge is 2.19. The lowest BCUT2D eigenvalue weighted by Gasteiger charge is -2.21. The minimum absolute atomic E-state index is 0.0683. The Kier molecular flexibility index (Phi) is 7.43. The largest absolute Gasteiger partial charge is 0.455 e. The van der Waals surface area contributed by atoms with Crippen LogP contribution in [0.3, 0.4) is 0 Å². The lowest BCUT2D eigenvalue weighted by Crippen LogP contribution is -2.41. The van der Waals surface area contributed by atoms with Crippen LogP contribution < -0.4 is 5.32 Å². The van der Waals surface area contributed by atoms with Gasteiger partial charge in [-0.3, -0.25) is 14.4 Å². The van der Waals surface area contributed by atoms with E-state index in [2.05, 4.69) is 10.3 Å². The van der Waals surface area contributed by atoms with E-state index in [0.29, 0.717) is 18.7 Å². The Morgan fingerprint density at radius 3 is 2.58 bits per heavy atom. The lowest BCUT2D eigenvalue weighted by molar-refractivity contribution is -0.151. The molecule has 0 aliphatic heterocycles. The van der Waals surface area contributed by atoms with Crippen molar-refractivity contribution in [1.29, 1.82) is 0 Å². The van der Waals surface area contributed by atoms with Gasteiger partial charge in [0.25, 0.3) is 5.91 Å². The maximum Gasteiger partial charge on any atom is 0.310 e. The molecule has 2 amide bonds. The Morgan fingerprint density at radius 1 is 1.06 bits per heavy atom. The van der Waals surface area contributed by atoms with Gasteiger partial charge >= 0.3 is 5.97 Å². The van der Waals surface area contributed by atoms with Gasteiger partial charge in [0.2, 0.25) is 5.91 Å². The van der Waals surface area contributed by atoms with Crippen molar-refractivity contribution >= 4 is 34.4 Å². The fourth-order valence-corrected chi connectivity index (χ4v) is 3.36. The molecule has 2 N–H and O–H groups in total. The van der Waals surface area contributed by atoms with Gasteiger partial charge < -0.3 is 19.9 Å². The van der Waals surface area contributed by atoms with Crippen molar-refractivity contribution in [3.63, 3.8) is 0 Å². The number of hydrogen-bond donors (Lipinski definition) is 2. The zero-order valence-corrected chi connectivity index (χ0v) is 17.8. The van der Waals surface area contributed by atoms with E-state index in [9.17, 15) is 14.4 Å². The molecule has 0 aliphatic rings. The van der Waals surface area contributed by atoms with Crippen LogP contribution in [0.4, 0.5) is 5.69 Å². The predicted octanol–water partition coefficient (Wildman–Crippen LogP) is 3.44. The molecule has 0 fully saturated rings. The first-order chi connectivity index (χ1) is 15.0. The Bertz CT molecular complexity index is 1070. The summed E-state index contributed by atoms with van der Waals surface area (Å²) in [4.78, 5) is 41.8. The van der Waals surface area contributed by atoms with E-state index < -0.39 is 18.5 Å². The van der Waals surface area contributed by atoms with E-state index in [1.54, 1.807) is 6.20 Å². The van der Waals surface area contributed by atoms with Gasteiger partial charge in [-0.1, -0.05) is 43.3 Å². The Labute approximate surface area is 181 Å². The fourth-order valence-electron chi connectivity index (χ4n) is 3.36. The molecule has 1 heterocycles. The average molecular weight is 421 g/mol. The minimum atomic E-state index is -0.487. The van der Waals surface area contributed by atoms with Crippen LogP contribution in [0.2, 0.25) is 0 Å². The maximum atomic E-state index is 12.6. The predicted molar refractivity (Wildman–Crippen MR) is 120 cm³/mol. The molecule has 0 aliphatic carbocycles. The number of benzene rings is 2. The summed E-state index contributed by atoms with van der Waals surface area (Å²) < 4.78 is 5.20. The normalized spacial score (nSPS) is 10.6. The monoisotopic (exact) mass is 421 g/mol. The number of para-hydroxylation sites is 2. The molecular formula is C24H27N3O4. The number of aromatic amines is 1. The molecule has 0 radical (unpaired) electrons. The zero-order chi connectivity index (χ0) is 22.2. The van der Waals surface area contributed by atoms with E-state index >= 15 is 0 Å². The summed E-state index contributed by atoms with van der Waals surface area (Å²) in [6.45, 7) is 3.74. The summed E-state index contributed by atoms with van der Waals surface area (Å²) in [7, 11) is 0. The molecule has 3 aromatic rings. The number of aryl methyl sites for hydroxylation is 1. The van der Waals surface area contributed by atoms with Gasteiger partial charge in [0.15, 0.2) is 6.61 Å². The zero-order valence-electron chi connectivity index (χ0n) is 17.8. The van der Waals surface area contributed by atoms with Crippen molar-refractivity contribution < 1.29 is 19.1 Å². The number of hydrogen-bond acceptors (Lipinski definition) is 4. The number of carbonyl (C=O) groups is 3. The number of ether oxygens (including phenoxy) is 1. The van der Waals surface area contributed by atoms with Crippen LogP contribution in [0.5, 0.6) is 0 Å². The summed E-state index contributed by atoms with van der Waals surface area (Å²) in [5.41, 5.74) is 3.41. The quantitative estimate of drug-likeness (QED) is 0.518. The van der Waals surface area contributed by atoms with Gasteiger partial charge in [-0.25, -0.2) is 0 Å². The summed E-state index contributed by atoms with van der Waals surface area (Å²) in [5, 5.41) is 3.77. The van der Waals surface area contributed by atoms with Gasteiger partial charge in [0, 0.05) is 29.3 Å². The van der Waals surface area contributed by atoms with Crippen LogP contribution in [0.15, 0.2) is 54.7 Å². The molecule has 7 nitrogen and oxygen atoms in total. The number of rotatable bonds is 9. The van der Waals surface area contributed by atoms with Crippen LogP contribution in [0, 0.1) is 6.92 Å². The van der Waals surface area contributed by atoms with Gasteiger partial charge in [0.05, 0.1) is 13.0 Å². The van der Waals surface area contributed by atoms with E-state index in [4.69, 9.17) is 4.74 Å². The molecule has 0 saturated carbocycles. The molecular weight excluding hydrogens is 394 g/mol. The molecule has 0 spiro atoms. The van der Waals surface area contributed by atoms with E-state index in [1.165, 1.54) is 4.90 Å². The average Bonchev–Trinajstić information content (AvgIpc) is 3.16. The summed E-state index contributed by atoms with van der Waals surface area (Å²) in [6, 6.07) is 15.1. The van der Waals surface area contributed by atoms with Crippen molar-refractivity contribution in [3.8, 4) is 0 Å². The fraction of sp³-hybridized carbons (Fsp3) is 0.292. The number of H-pyrrole nitrogens is 1. The smallest absolute Gasteiger partial charge is 0.310 e. The number of fused-ring (bicyclic) bond motifs is 1. The van der Waals surface area contributed by atoms with Crippen molar-refractivity contribution in [2.75, 3.05) is 25.0 Å². The summed E-state index contributed by atoms with van der Waals surface area (Å²) in [5.74, 6) is -1.17. The van der Waals surface area contributed by atoms with Crippen LogP contribution >= 0.6 is 0 Å². The number of esters is 1. The molecule has 31 heavy (non-hydrogen) atoms. The number of nitrogens with zero attached hydrogens (tertiary/aromatic N) is 1. The molecule has 0 bridgehead atoms. The second kappa shape index (κ2) is 10.4. The van der Waals surface area contributed by atoms with Crippen molar-refractivity contribution in [2.24, 2.45) is 0 Å². The summed E-state index contributed by atoms with van der Waals surface area (Å²) in [6.07, 6.45) is 2.53. The number of amides is 2. The second-order valence-corrected chi connectivity index (χ2v) is 7.38. The molecule has 162 valence electrons. The van der Waals surface area contributed by atoms with Crippen LogP contribution in [-0.2, 0) is 25.5 Å². The lowest BCUT2D eigenvalue weighted by atomic mass is 10.1. The molecule has 0 saturated heterocycles. The highest BCUT2D eigenvalue weighted by atomic mass is 16.5. The van der Waals surface area contributed by atoms with Crippen LogP contribution in [-0.4, -0.2) is 47.4 Å².